The van der Waals surface area contributed by atoms with E-state index in [-0.39, 0.29) is 6.54 Å². The third kappa shape index (κ3) is 1.79. The first kappa shape index (κ1) is 9.58. The van der Waals surface area contributed by atoms with Crippen LogP contribution in [0.3, 0.4) is 0 Å². The fourth-order valence-corrected chi connectivity index (χ4v) is 1.58. The van der Waals surface area contributed by atoms with E-state index in [1.54, 1.807) is 6.20 Å². The van der Waals surface area contributed by atoms with E-state index in [0.29, 0.717) is 0 Å². The minimum atomic E-state index is -0.753. The van der Waals surface area contributed by atoms with E-state index in [1.807, 2.05) is 24.3 Å². The Kier molecular flexibility index (Phi) is 2.58. The first-order valence-corrected chi connectivity index (χ1v) is 4.58. The van der Waals surface area contributed by atoms with Gasteiger partial charge in [0.2, 0.25) is 0 Å². The number of aliphatic hydroxyl groups excluding tert-OH is 1. The molecular formula is C10H10N4O. The second-order valence-electron chi connectivity index (χ2n) is 3.22. The van der Waals surface area contributed by atoms with Crippen molar-refractivity contribution >= 4 is 10.9 Å². The highest BCUT2D eigenvalue weighted by atomic mass is 16.3. The maximum atomic E-state index is 9.75. The summed E-state index contributed by atoms with van der Waals surface area (Å²) >= 11 is 0. The summed E-state index contributed by atoms with van der Waals surface area (Å²) in [6.45, 7) is 0.0539. The van der Waals surface area contributed by atoms with E-state index in [2.05, 4.69) is 15.0 Å². The van der Waals surface area contributed by atoms with E-state index in [0.717, 1.165) is 16.5 Å². The summed E-state index contributed by atoms with van der Waals surface area (Å²) < 4.78 is 0. The molecule has 0 saturated heterocycles. The molecule has 1 heterocycles. The third-order valence-electron chi connectivity index (χ3n) is 2.30. The Bertz CT molecular complexity index is 513. The van der Waals surface area contributed by atoms with Gasteiger partial charge in [-0.05, 0) is 11.6 Å². The van der Waals surface area contributed by atoms with Gasteiger partial charge in [-0.1, -0.05) is 23.3 Å². The predicted molar refractivity (Wildman–Crippen MR) is 57.3 cm³/mol. The fraction of sp³-hybridized carbons (Fsp3) is 0.200. The Labute approximate surface area is 86.0 Å². The minimum absolute atomic E-state index is 0.0539. The molecule has 0 aliphatic heterocycles. The summed E-state index contributed by atoms with van der Waals surface area (Å²) in [6, 6.07) is 7.67. The highest BCUT2D eigenvalue weighted by molar-refractivity contribution is 5.83. The zero-order valence-electron chi connectivity index (χ0n) is 7.96. The van der Waals surface area contributed by atoms with Crippen molar-refractivity contribution in [3.63, 3.8) is 0 Å². The van der Waals surface area contributed by atoms with Crippen LogP contribution in [0.2, 0.25) is 0 Å². The van der Waals surface area contributed by atoms with Crippen LogP contribution in [-0.2, 0) is 0 Å². The molecule has 2 aromatic rings. The molecule has 1 atom stereocenters. The second kappa shape index (κ2) is 4.04. The van der Waals surface area contributed by atoms with Gasteiger partial charge in [0.1, 0.15) is 0 Å². The molecule has 76 valence electrons. The monoisotopic (exact) mass is 202 g/mol. The molecule has 0 radical (unpaired) electrons. The van der Waals surface area contributed by atoms with Crippen molar-refractivity contribution in [2.75, 3.05) is 6.54 Å². The zero-order valence-corrected chi connectivity index (χ0v) is 7.96. The molecule has 0 aliphatic rings. The van der Waals surface area contributed by atoms with Crippen LogP contribution < -0.4 is 0 Å². The Hall–Kier alpha value is -1.97. The van der Waals surface area contributed by atoms with Crippen molar-refractivity contribution in [1.29, 1.82) is 0 Å². The summed E-state index contributed by atoms with van der Waals surface area (Å²) in [6.07, 6.45) is 0.986. The number of nitrogens with zero attached hydrogens (tertiary/aromatic N) is 3. The molecule has 2 N–H and O–H groups in total. The molecule has 5 nitrogen and oxygen atoms in total. The molecule has 0 aliphatic carbocycles. The summed E-state index contributed by atoms with van der Waals surface area (Å²) in [5, 5.41) is 14.1. The van der Waals surface area contributed by atoms with Crippen molar-refractivity contribution in [2.45, 2.75) is 6.10 Å². The number of hydrogen-bond acceptors (Lipinski definition) is 2. The van der Waals surface area contributed by atoms with Crippen molar-refractivity contribution in [2.24, 2.45) is 5.11 Å². The van der Waals surface area contributed by atoms with Crippen LogP contribution in [0.25, 0.3) is 21.3 Å². The highest BCUT2D eigenvalue weighted by Gasteiger charge is 2.11. The third-order valence-corrected chi connectivity index (χ3v) is 2.30. The number of para-hydroxylation sites is 1. The van der Waals surface area contributed by atoms with E-state index in [9.17, 15) is 5.11 Å². The molecule has 0 amide bonds. The molecule has 1 unspecified atom stereocenters. The maximum absolute atomic E-state index is 9.75. The van der Waals surface area contributed by atoms with Gasteiger partial charge in [0.15, 0.2) is 0 Å². The second-order valence-corrected chi connectivity index (χ2v) is 3.22. The Balaban J connectivity index is 2.39. The summed E-state index contributed by atoms with van der Waals surface area (Å²) in [5.41, 5.74) is 9.89. The summed E-state index contributed by atoms with van der Waals surface area (Å²) in [5.74, 6) is 0. The minimum Gasteiger partial charge on any atom is -0.388 e. The standard InChI is InChI=1S/C10H10N4O/c11-14-13-6-10(15)8-5-12-9-4-2-1-3-7(8)9/h1-5,10,12,15H,6H2. The maximum Gasteiger partial charge on any atom is 0.0867 e. The van der Waals surface area contributed by atoms with Crippen LogP contribution in [-0.4, -0.2) is 16.6 Å². The number of azide groups is 1. The van der Waals surface area contributed by atoms with Crippen molar-refractivity contribution in [3.8, 4) is 0 Å². The number of aliphatic hydroxyl groups is 1. The Morgan fingerprint density at radius 3 is 3.07 bits per heavy atom. The van der Waals surface area contributed by atoms with Gasteiger partial charge >= 0.3 is 0 Å². The molecule has 15 heavy (non-hydrogen) atoms. The Morgan fingerprint density at radius 2 is 2.27 bits per heavy atom. The van der Waals surface area contributed by atoms with E-state index in [1.165, 1.54) is 0 Å². The van der Waals surface area contributed by atoms with E-state index in [4.69, 9.17) is 5.53 Å². The smallest absolute Gasteiger partial charge is 0.0867 e. The molecule has 2 rings (SSSR count). The molecular weight excluding hydrogens is 192 g/mol. The average Bonchev–Trinajstić information content (AvgIpc) is 2.69. The van der Waals surface area contributed by atoms with Gasteiger partial charge in [-0.3, -0.25) is 0 Å². The average molecular weight is 202 g/mol. The van der Waals surface area contributed by atoms with Crippen LogP contribution in [0.1, 0.15) is 11.7 Å². The zero-order chi connectivity index (χ0) is 10.7. The topological polar surface area (TPSA) is 84.8 Å². The number of rotatable bonds is 3. The number of benzene rings is 1. The van der Waals surface area contributed by atoms with Gasteiger partial charge in [0.25, 0.3) is 0 Å². The number of aromatic amines is 1. The molecule has 0 fully saturated rings. The predicted octanol–water partition coefficient (Wildman–Crippen LogP) is 2.51. The van der Waals surface area contributed by atoms with Gasteiger partial charge in [-0.2, -0.15) is 0 Å². The van der Waals surface area contributed by atoms with E-state index < -0.39 is 6.10 Å². The first-order valence-electron chi connectivity index (χ1n) is 4.58. The number of fused-ring (bicyclic) bond motifs is 1. The van der Waals surface area contributed by atoms with Crippen molar-refractivity contribution in [3.05, 3.63) is 46.5 Å². The van der Waals surface area contributed by atoms with Crippen LogP contribution in [0.4, 0.5) is 0 Å². The lowest BCUT2D eigenvalue weighted by Gasteiger charge is -2.04. The van der Waals surface area contributed by atoms with Crippen LogP contribution in [0.15, 0.2) is 35.6 Å². The Morgan fingerprint density at radius 1 is 1.47 bits per heavy atom. The lowest BCUT2D eigenvalue weighted by Crippen LogP contribution is -1.99. The SMILES string of the molecule is [N-]=[N+]=NCC(O)c1c[nH]c2ccccc12. The number of H-pyrrole nitrogens is 1. The van der Waals surface area contributed by atoms with Gasteiger partial charge in [0, 0.05) is 27.6 Å². The van der Waals surface area contributed by atoms with Crippen LogP contribution >= 0.6 is 0 Å². The van der Waals surface area contributed by atoms with Gasteiger partial charge in [-0.25, -0.2) is 0 Å². The van der Waals surface area contributed by atoms with E-state index >= 15 is 0 Å². The molecule has 0 bridgehead atoms. The van der Waals surface area contributed by atoms with Gasteiger partial charge < -0.3 is 10.1 Å². The van der Waals surface area contributed by atoms with Crippen molar-refractivity contribution < 1.29 is 5.11 Å². The van der Waals surface area contributed by atoms with Gasteiger partial charge in [0.05, 0.1) is 12.6 Å². The number of hydrogen-bond donors (Lipinski definition) is 2. The summed E-state index contributed by atoms with van der Waals surface area (Å²) in [4.78, 5) is 5.67. The highest BCUT2D eigenvalue weighted by Crippen LogP contribution is 2.23. The summed E-state index contributed by atoms with van der Waals surface area (Å²) in [7, 11) is 0. The van der Waals surface area contributed by atoms with Crippen LogP contribution in [0, 0.1) is 0 Å². The lowest BCUT2D eigenvalue weighted by atomic mass is 10.1. The molecule has 0 saturated carbocycles. The fourth-order valence-electron chi connectivity index (χ4n) is 1.58. The number of nitrogens with one attached hydrogen (secondary N) is 1. The molecule has 1 aromatic carbocycles. The molecule has 5 heteroatoms. The molecule has 1 aromatic heterocycles. The quantitative estimate of drug-likeness (QED) is 0.447. The van der Waals surface area contributed by atoms with Crippen molar-refractivity contribution in [1.82, 2.24) is 4.98 Å². The molecule has 0 spiro atoms. The number of aromatic nitrogens is 1. The normalized spacial score (nSPS) is 12.3. The van der Waals surface area contributed by atoms with Gasteiger partial charge in [-0.15, -0.1) is 0 Å². The lowest BCUT2D eigenvalue weighted by molar-refractivity contribution is 0.188. The van der Waals surface area contributed by atoms with Crippen LogP contribution in [0.5, 0.6) is 0 Å². The largest absolute Gasteiger partial charge is 0.388 e. The first-order chi connectivity index (χ1) is 7.33.